The van der Waals surface area contributed by atoms with Crippen LogP contribution in [0.2, 0.25) is 0 Å². The van der Waals surface area contributed by atoms with Crippen LogP contribution in [0.15, 0.2) is 24.3 Å². The van der Waals surface area contributed by atoms with Crippen molar-refractivity contribution < 1.29 is 14.7 Å². The van der Waals surface area contributed by atoms with Crippen molar-refractivity contribution in [1.29, 1.82) is 0 Å². The van der Waals surface area contributed by atoms with Crippen LogP contribution in [0.4, 0.5) is 5.69 Å². The number of hydrogen-bond acceptors (Lipinski definition) is 4. The van der Waals surface area contributed by atoms with E-state index in [0.717, 1.165) is 43.6 Å². The molecule has 1 aliphatic heterocycles. The molecule has 3 N–H and O–H groups in total. The number of nitrogens with zero attached hydrogens (tertiary/aromatic N) is 1. The molecule has 144 valence electrons. The van der Waals surface area contributed by atoms with Gasteiger partial charge in [0, 0.05) is 31.7 Å². The zero-order chi connectivity index (χ0) is 18.8. The molecular formula is C20H31N3O3. The Balaban J connectivity index is 1.72. The van der Waals surface area contributed by atoms with Crippen LogP contribution < -0.4 is 10.6 Å². The minimum absolute atomic E-state index is 0.0146. The lowest BCUT2D eigenvalue weighted by molar-refractivity contribution is -0.120. The third kappa shape index (κ3) is 7.14. The summed E-state index contributed by atoms with van der Waals surface area (Å²) in [7, 11) is 0. The van der Waals surface area contributed by atoms with Gasteiger partial charge in [-0.15, -0.1) is 0 Å². The number of rotatable bonds is 9. The van der Waals surface area contributed by atoms with Crippen LogP contribution >= 0.6 is 0 Å². The lowest BCUT2D eigenvalue weighted by atomic mass is 9.98. The molecule has 0 radical (unpaired) electrons. The predicted octanol–water partition coefficient (Wildman–Crippen LogP) is 1.79. The minimum atomic E-state index is 0.0146. The van der Waals surface area contributed by atoms with E-state index >= 15 is 0 Å². The molecule has 6 heteroatoms. The molecular weight excluding hydrogens is 330 g/mol. The van der Waals surface area contributed by atoms with Crippen molar-refractivity contribution in [3.8, 4) is 0 Å². The molecule has 2 rings (SSSR count). The second-order valence-corrected chi connectivity index (χ2v) is 7.01. The molecule has 1 aromatic carbocycles. The average molecular weight is 361 g/mol. The topological polar surface area (TPSA) is 81.7 Å². The van der Waals surface area contributed by atoms with Crippen LogP contribution in [-0.2, 0) is 16.0 Å². The average Bonchev–Trinajstić information content (AvgIpc) is 2.62. The Kier molecular flexibility index (Phi) is 8.58. The Morgan fingerprint density at radius 3 is 2.69 bits per heavy atom. The molecule has 1 atom stereocenters. The molecule has 1 aliphatic rings. The molecule has 0 aliphatic carbocycles. The fraction of sp³-hybridized carbons (Fsp3) is 0.600. The van der Waals surface area contributed by atoms with E-state index in [1.807, 2.05) is 31.2 Å². The number of likely N-dealkylation sites (tertiary alicyclic amines) is 1. The van der Waals surface area contributed by atoms with Gasteiger partial charge < -0.3 is 20.6 Å². The van der Waals surface area contributed by atoms with E-state index in [4.69, 9.17) is 5.11 Å². The number of aliphatic hydroxyl groups excluding tert-OH is 1. The van der Waals surface area contributed by atoms with Crippen LogP contribution in [0.5, 0.6) is 0 Å². The fourth-order valence-electron chi connectivity index (χ4n) is 3.32. The Labute approximate surface area is 156 Å². The SMILES string of the molecule is CCCC(=O)Nc1ccc(CC(=O)NC[C@H]2CCCN(CCO)C2)cc1. The molecule has 1 saturated heterocycles. The van der Waals surface area contributed by atoms with Gasteiger partial charge in [0.2, 0.25) is 11.8 Å². The maximum absolute atomic E-state index is 12.2. The van der Waals surface area contributed by atoms with Crippen molar-refractivity contribution in [3.05, 3.63) is 29.8 Å². The number of piperidine rings is 1. The summed E-state index contributed by atoms with van der Waals surface area (Å²) in [6.07, 6.45) is 3.92. The van der Waals surface area contributed by atoms with Crippen LogP contribution in [0.25, 0.3) is 0 Å². The Bertz CT molecular complexity index is 572. The number of carbonyl (C=O) groups excluding carboxylic acids is 2. The molecule has 0 unspecified atom stereocenters. The van der Waals surface area contributed by atoms with Crippen molar-refractivity contribution >= 4 is 17.5 Å². The summed E-state index contributed by atoms with van der Waals surface area (Å²) in [5.41, 5.74) is 1.69. The number of benzene rings is 1. The number of carbonyl (C=O) groups is 2. The molecule has 0 spiro atoms. The van der Waals surface area contributed by atoms with Crippen molar-refractivity contribution in [2.45, 2.75) is 39.0 Å². The molecule has 6 nitrogen and oxygen atoms in total. The van der Waals surface area contributed by atoms with E-state index in [-0.39, 0.29) is 18.4 Å². The van der Waals surface area contributed by atoms with Gasteiger partial charge in [-0.2, -0.15) is 0 Å². The summed E-state index contributed by atoms with van der Waals surface area (Å²) >= 11 is 0. The molecule has 2 amide bonds. The Morgan fingerprint density at radius 1 is 1.23 bits per heavy atom. The Morgan fingerprint density at radius 2 is 2.00 bits per heavy atom. The van der Waals surface area contributed by atoms with E-state index in [2.05, 4.69) is 15.5 Å². The van der Waals surface area contributed by atoms with Gasteiger partial charge in [0.25, 0.3) is 0 Å². The number of aliphatic hydroxyl groups is 1. The van der Waals surface area contributed by atoms with Gasteiger partial charge in [0.05, 0.1) is 13.0 Å². The van der Waals surface area contributed by atoms with Gasteiger partial charge in [-0.1, -0.05) is 19.1 Å². The molecule has 0 aromatic heterocycles. The van der Waals surface area contributed by atoms with Gasteiger partial charge in [0.15, 0.2) is 0 Å². The first-order valence-electron chi connectivity index (χ1n) is 9.59. The first-order chi connectivity index (χ1) is 12.6. The van der Waals surface area contributed by atoms with Gasteiger partial charge >= 0.3 is 0 Å². The zero-order valence-electron chi connectivity index (χ0n) is 15.7. The van der Waals surface area contributed by atoms with Crippen molar-refractivity contribution in [3.63, 3.8) is 0 Å². The maximum atomic E-state index is 12.2. The third-order valence-corrected chi connectivity index (χ3v) is 4.69. The van der Waals surface area contributed by atoms with E-state index in [1.54, 1.807) is 0 Å². The fourth-order valence-corrected chi connectivity index (χ4v) is 3.32. The van der Waals surface area contributed by atoms with Crippen LogP contribution in [0, 0.1) is 5.92 Å². The zero-order valence-corrected chi connectivity index (χ0v) is 15.7. The lowest BCUT2D eigenvalue weighted by Gasteiger charge is -2.32. The monoisotopic (exact) mass is 361 g/mol. The van der Waals surface area contributed by atoms with Crippen molar-refractivity contribution in [1.82, 2.24) is 10.2 Å². The molecule has 1 fully saturated rings. The number of nitrogens with one attached hydrogen (secondary N) is 2. The predicted molar refractivity (Wildman–Crippen MR) is 103 cm³/mol. The summed E-state index contributed by atoms with van der Waals surface area (Å²) in [6, 6.07) is 7.43. The number of β-amino-alcohol motifs (C(OH)–C–C–N with tert-alkyl or cyclic N) is 1. The lowest BCUT2D eigenvalue weighted by Crippen LogP contribution is -2.42. The maximum Gasteiger partial charge on any atom is 0.224 e. The van der Waals surface area contributed by atoms with Crippen LogP contribution in [0.3, 0.4) is 0 Å². The number of anilines is 1. The summed E-state index contributed by atoms with van der Waals surface area (Å²) in [6.45, 7) is 5.53. The van der Waals surface area contributed by atoms with Crippen LogP contribution in [-0.4, -0.2) is 54.6 Å². The van der Waals surface area contributed by atoms with Gasteiger partial charge in [-0.3, -0.25) is 9.59 Å². The van der Waals surface area contributed by atoms with E-state index in [1.165, 1.54) is 0 Å². The quantitative estimate of drug-likeness (QED) is 0.626. The highest BCUT2D eigenvalue weighted by Gasteiger charge is 2.19. The highest BCUT2D eigenvalue weighted by molar-refractivity contribution is 5.90. The largest absolute Gasteiger partial charge is 0.395 e. The standard InChI is InChI=1S/C20H31N3O3/c1-2-4-19(25)22-18-8-6-16(7-9-18)13-20(26)21-14-17-5-3-10-23(15-17)11-12-24/h6-9,17,24H,2-5,10-15H2,1H3,(H,21,26)(H,22,25)/t17-/m1/s1. The van der Waals surface area contributed by atoms with E-state index in [0.29, 0.717) is 31.8 Å². The summed E-state index contributed by atoms with van der Waals surface area (Å²) < 4.78 is 0. The summed E-state index contributed by atoms with van der Waals surface area (Å²) in [5, 5.41) is 14.9. The Hall–Kier alpha value is -1.92. The van der Waals surface area contributed by atoms with Crippen molar-refractivity contribution in [2.24, 2.45) is 5.92 Å². The van der Waals surface area contributed by atoms with E-state index in [9.17, 15) is 9.59 Å². The van der Waals surface area contributed by atoms with Crippen LogP contribution in [0.1, 0.15) is 38.2 Å². The summed E-state index contributed by atoms with van der Waals surface area (Å²) in [4.78, 5) is 26.0. The van der Waals surface area contributed by atoms with Gasteiger partial charge in [-0.25, -0.2) is 0 Å². The highest BCUT2D eigenvalue weighted by Crippen LogP contribution is 2.15. The highest BCUT2D eigenvalue weighted by atomic mass is 16.3. The smallest absolute Gasteiger partial charge is 0.224 e. The molecule has 0 bridgehead atoms. The number of amides is 2. The normalized spacial score (nSPS) is 17.7. The first-order valence-corrected chi connectivity index (χ1v) is 9.59. The molecule has 1 aromatic rings. The first kappa shape index (κ1) is 20.4. The van der Waals surface area contributed by atoms with Gasteiger partial charge in [-0.05, 0) is 49.4 Å². The second-order valence-electron chi connectivity index (χ2n) is 7.01. The number of hydrogen-bond donors (Lipinski definition) is 3. The van der Waals surface area contributed by atoms with Gasteiger partial charge in [0.1, 0.15) is 0 Å². The minimum Gasteiger partial charge on any atom is -0.395 e. The second kappa shape index (κ2) is 10.9. The summed E-state index contributed by atoms with van der Waals surface area (Å²) in [5.74, 6) is 0.489. The molecule has 26 heavy (non-hydrogen) atoms. The van der Waals surface area contributed by atoms with Crippen molar-refractivity contribution in [2.75, 3.05) is 38.1 Å². The third-order valence-electron chi connectivity index (χ3n) is 4.69. The van der Waals surface area contributed by atoms with E-state index < -0.39 is 0 Å². The molecule has 0 saturated carbocycles. The molecule has 1 heterocycles.